The Hall–Kier alpha value is -2.28. The second-order valence-corrected chi connectivity index (χ2v) is 4.34. The molecule has 0 saturated heterocycles. The van der Waals surface area contributed by atoms with Crippen LogP contribution in [0.1, 0.15) is 26.4 Å². The van der Waals surface area contributed by atoms with Crippen LogP contribution < -0.4 is 5.32 Å². The minimum Gasteiger partial charge on any atom is -0.465 e. The van der Waals surface area contributed by atoms with E-state index in [2.05, 4.69) is 18.8 Å². The van der Waals surface area contributed by atoms with Gasteiger partial charge in [0.1, 0.15) is 0 Å². The van der Waals surface area contributed by atoms with E-state index in [-0.39, 0.29) is 5.69 Å². The van der Waals surface area contributed by atoms with Gasteiger partial charge in [-0.2, -0.15) is 8.75 Å². The van der Waals surface area contributed by atoms with Crippen LogP contribution in [0.4, 0.5) is 5.69 Å². The summed E-state index contributed by atoms with van der Waals surface area (Å²) in [5.74, 6) is -0.918. The fourth-order valence-corrected chi connectivity index (χ4v) is 1.91. The molecule has 0 radical (unpaired) electrons. The Morgan fingerprint density at radius 3 is 2.79 bits per heavy atom. The number of carbonyl (C=O) groups excluding carboxylic acids is 2. The van der Waals surface area contributed by atoms with Crippen LogP contribution in [0.2, 0.25) is 0 Å². The smallest absolute Gasteiger partial charge is 0.339 e. The van der Waals surface area contributed by atoms with E-state index in [0.29, 0.717) is 11.3 Å². The van der Waals surface area contributed by atoms with Gasteiger partial charge in [0.2, 0.25) is 0 Å². The number of rotatable bonds is 3. The first kappa shape index (κ1) is 13.2. The molecule has 19 heavy (non-hydrogen) atoms. The molecule has 1 aromatic carbocycles. The molecule has 0 aliphatic heterocycles. The van der Waals surface area contributed by atoms with E-state index < -0.39 is 11.9 Å². The van der Waals surface area contributed by atoms with Gasteiger partial charge in [0.05, 0.1) is 36.3 Å². The number of benzene rings is 1. The Bertz CT molecular complexity index is 611. The molecule has 1 heterocycles. The molecule has 0 saturated carbocycles. The van der Waals surface area contributed by atoms with Crippen molar-refractivity contribution in [3.05, 3.63) is 41.2 Å². The van der Waals surface area contributed by atoms with Gasteiger partial charge in [0.25, 0.3) is 5.91 Å². The van der Waals surface area contributed by atoms with E-state index in [1.54, 1.807) is 18.2 Å². The Kier molecular flexibility index (Phi) is 3.86. The summed E-state index contributed by atoms with van der Waals surface area (Å²) in [5.41, 5.74) is 1.80. The molecule has 7 heteroatoms. The lowest BCUT2D eigenvalue weighted by atomic mass is 10.1. The molecule has 0 bridgehead atoms. The van der Waals surface area contributed by atoms with Gasteiger partial charge in [-0.05, 0) is 19.1 Å². The van der Waals surface area contributed by atoms with Crippen LogP contribution in [0, 0.1) is 6.92 Å². The summed E-state index contributed by atoms with van der Waals surface area (Å²) in [6, 6.07) is 5.10. The van der Waals surface area contributed by atoms with E-state index in [1.165, 1.54) is 13.3 Å². The molecule has 0 aliphatic rings. The zero-order valence-electron chi connectivity index (χ0n) is 10.3. The number of ether oxygens (including phenoxy) is 1. The van der Waals surface area contributed by atoms with Gasteiger partial charge in [-0.1, -0.05) is 11.6 Å². The molecular weight excluding hydrogens is 266 g/mol. The van der Waals surface area contributed by atoms with Gasteiger partial charge in [-0.15, -0.1) is 0 Å². The first-order valence-corrected chi connectivity index (χ1v) is 6.12. The van der Waals surface area contributed by atoms with Crippen molar-refractivity contribution in [1.82, 2.24) is 8.75 Å². The van der Waals surface area contributed by atoms with Gasteiger partial charge >= 0.3 is 5.97 Å². The van der Waals surface area contributed by atoms with E-state index in [9.17, 15) is 9.59 Å². The summed E-state index contributed by atoms with van der Waals surface area (Å²) in [6.45, 7) is 1.85. The van der Waals surface area contributed by atoms with Crippen LogP contribution in [-0.2, 0) is 4.74 Å². The molecule has 98 valence electrons. The normalized spacial score (nSPS) is 10.0. The van der Waals surface area contributed by atoms with E-state index in [1.807, 2.05) is 6.92 Å². The maximum Gasteiger partial charge on any atom is 0.339 e. The Morgan fingerprint density at radius 1 is 1.37 bits per heavy atom. The fraction of sp³-hybridized carbons (Fsp3) is 0.167. The predicted molar refractivity (Wildman–Crippen MR) is 70.4 cm³/mol. The van der Waals surface area contributed by atoms with Crippen molar-refractivity contribution >= 4 is 29.3 Å². The number of methoxy groups -OCH3 is 1. The lowest BCUT2D eigenvalue weighted by Crippen LogP contribution is -2.15. The SMILES string of the molecule is COC(=O)c1cc(C)ccc1NC(=O)c1cnsn1. The molecule has 0 fully saturated rings. The highest BCUT2D eigenvalue weighted by atomic mass is 32.1. The average Bonchev–Trinajstić information content (AvgIpc) is 2.94. The van der Waals surface area contributed by atoms with Crippen LogP contribution in [-0.4, -0.2) is 27.7 Å². The summed E-state index contributed by atoms with van der Waals surface area (Å²) in [5, 5.41) is 2.62. The van der Waals surface area contributed by atoms with Gasteiger partial charge in [0.15, 0.2) is 5.69 Å². The van der Waals surface area contributed by atoms with Crippen molar-refractivity contribution in [2.75, 3.05) is 12.4 Å². The van der Waals surface area contributed by atoms with Crippen molar-refractivity contribution < 1.29 is 14.3 Å². The molecule has 0 spiro atoms. The first-order chi connectivity index (χ1) is 9.11. The number of nitrogens with one attached hydrogen (secondary N) is 1. The highest BCUT2D eigenvalue weighted by molar-refractivity contribution is 6.99. The third-order valence-corrected chi connectivity index (χ3v) is 2.90. The number of aryl methyl sites for hydroxylation is 1. The zero-order chi connectivity index (χ0) is 13.8. The molecule has 0 atom stereocenters. The maximum absolute atomic E-state index is 11.9. The molecule has 0 aliphatic carbocycles. The van der Waals surface area contributed by atoms with Crippen LogP contribution in [0.25, 0.3) is 0 Å². The number of esters is 1. The standard InChI is InChI=1S/C12H11N3O3S/c1-7-3-4-9(8(5-7)12(17)18-2)14-11(16)10-6-13-19-15-10/h3-6H,1-2H3,(H,14,16). The minimum absolute atomic E-state index is 0.210. The van der Waals surface area contributed by atoms with Crippen LogP contribution in [0.5, 0.6) is 0 Å². The third-order valence-electron chi connectivity index (χ3n) is 2.42. The molecule has 1 amide bonds. The molecule has 6 nitrogen and oxygen atoms in total. The minimum atomic E-state index is -0.504. The molecule has 2 aromatic rings. The van der Waals surface area contributed by atoms with Gasteiger partial charge in [0, 0.05) is 0 Å². The number of hydrogen-bond acceptors (Lipinski definition) is 6. The Balaban J connectivity index is 2.29. The second kappa shape index (κ2) is 5.57. The lowest BCUT2D eigenvalue weighted by molar-refractivity contribution is 0.0602. The maximum atomic E-state index is 11.9. The van der Waals surface area contributed by atoms with Gasteiger partial charge in [-0.3, -0.25) is 4.79 Å². The predicted octanol–water partition coefficient (Wildman–Crippen LogP) is 1.89. The monoisotopic (exact) mass is 277 g/mol. The topological polar surface area (TPSA) is 81.2 Å². The van der Waals surface area contributed by atoms with Crippen LogP contribution >= 0.6 is 11.7 Å². The number of amides is 1. The van der Waals surface area contributed by atoms with Gasteiger partial charge < -0.3 is 10.1 Å². The zero-order valence-corrected chi connectivity index (χ0v) is 11.2. The number of hydrogen-bond donors (Lipinski definition) is 1. The van der Waals surface area contributed by atoms with Crippen LogP contribution in [0.3, 0.4) is 0 Å². The molecular formula is C12H11N3O3S. The molecule has 1 aromatic heterocycles. The molecule has 2 rings (SSSR count). The van der Waals surface area contributed by atoms with E-state index >= 15 is 0 Å². The quantitative estimate of drug-likeness (QED) is 0.866. The van der Waals surface area contributed by atoms with Gasteiger partial charge in [-0.25, -0.2) is 4.79 Å². The lowest BCUT2D eigenvalue weighted by Gasteiger charge is -2.09. The number of anilines is 1. The van der Waals surface area contributed by atoms with Crippen molar-refractivity contribution in [2.45, 2.75) is 6.92 Å². The third kappa shape index (κ3) is 2.94. The Labute approximate surface area is 113 Å². The van der Waals surface area contributed by atoms with Crippen molar-refractivity contribution in [1.29, 1.82) is 0 Å². The summed E-state index contributed by atoms with van der Waals surface area (Å²) in [7, 11) is 1.29. The van der Waals surface area contributed by atoms with Crippen LogP contribution in [0.15, 0.2) is 24.4 Å². The summed E-state index contributed by atoms with van der Waals surface area (Å²) in [4.78, 5) is 23.5. The summed E-state index contributed by atoms with van der Waals surface area (Å²) < 4.78 is 12.3. The average molecular weight is 277 g/mol. The van der Waals surface area contributed by atoms with E-state index in [4.69, 9.17) is 0 Å². The highest BCUT2D eigenvalue weighted by Gasteiger charge is 2.16. The number of aromatic nitrogens is 2. The van der Waals surface area contributed by atoms with Crippen molar-refractivity contribution in [2.24, 2.45) is 0 Å². The van der Waals surface area contributed by atoms with E-state index in [0.717, 1.165) is 17.3 Å². The van der Waals surface area contributed by atoms with Crippen molar-refractivity contribution in [3.8, 4) is 0 Å². The first-order valence-electron chi connectivity index (χ1n) is 5.39. The second-order valence-electron chi connectivity index (χ2n) is 3.79. The number of nitrogens with zero attached hydrogens (tertiary/aromatic N) is 2. The summed E-state index contributed by atoms with van der Waals surface area (Å²) >= 11 is 0.943. The number of carbonyl (C=O) groups is 2. The largest absolute Gasteiger partial charge is 0.465 e. The Morgan fingerprint density at radius 2 is 2.16 bits per heavy atom. The molecule has 0 unspecified atom stereocenters. The molecule has 1 N–H and O–H groups in total. The fourth-order valence-electron chi connectivity index (χ4n) is 1.50. The van der Waals surface area contributed by atoms with Crippen molar-refractivity contribution in [3.63, 3.8) is 0 Å². The summed E-state index contributed by atoms with van der Waals surface area (Å²) in [6.07, 6.45) is 1.37. The highest BCUT2D eigenvalue weighted by Crippen LogP contribution is 2.19.